The van der Waals surface area contributed by atoms with E-state index >= 15 is 0 Å². The van der Waals surface area contributed by atoms with Gasteiger partial charge in [-0.1, -0.05) is 77.8 Å². The van der Waals surface area contributed by atoms with Gasteiger partial charge >= 0.3 is 0 Å². The average molecular weight is 454 g/mol. The third kappa shape index (κ3) is 4.12. The van der Waals surface area contributed by atoms with Gasteiger partial charge in [0.05, 0.1) is 12.1 Å². The van der Waals surface area contributed by atoms with E-state index in [1.807, 2.05) is 24.3 Å². The molecule has 5 rings (SSSR count). The van der Waals surface area contributed by atoms with Gasteiger partial charge in [-0.3, -0.25) is 4.90 Å². The fourth-order valence-electron chi connectivity index (χ4n) is 5.94. The van der Waals surface area contributed by atoms with Crippen molar-refractivity contribution >= 4 is 23.2 Å². The summed E-state index contributed by atoms with van der Waals surface area (Å²) >= 11 is 13.4. The van der Waals surface area contributed by atoms with E-state index in [4.69, 9.17) is 23.2 Å². The van der Waals surface area contributed by atoms with Gasteiger partial charge in [0.1, 0.15) is 0 Å². The Hall–Kier alpha value is -1.58. The van der Waals surface area contributed by atoms with Crippen LogP contribution in [0.2, 0.25) is 10.0 Å². The van der Waals surface area contributed by atoms with Gasteiger partial charge in [-0.05, 0) is 73.3 Å². The molecule has 4 heteroatoms. The fraction of sp³-hybridized carbons (Fsp3) is 0.407. The molecule has 0 spiro atoms. The van der Waals surface area contributed by atoms with Crippen molar-refractivity contribution in [2.45, 2.75) is 62.8 Å². The molecular formula is C27H29Cl2NO. The second kappa shape index (κ2) is 9.11. The molecule has 2 bridgehead atoms. The topological polar surface area (TPSA) is 23.5 Å². The van der Waals surface area contributed by atoms with E-state index in [1.165, 1.54) is 0 Å². The molecule has 162 valence electrons. The Kier molecular flexibility index (Phi) is 6.25. The summed E-state index contributed by atoms with van der Waals surface area (Å²) in [4.78, 5) is 2.65. The van der Waals surface area contributed by atoms with Crippen LogP contribution >= 0.6 is 23.2 Å². The lowest BCUT2D eigenvalue weighted by molar-refractivity contribution is 0.0269. The molecular weight excluding hydrogens is 425 g/mol. The highest BCUT2D eigenvalue weighted by atomic mass is 35.5. The van der Waals surface area contributed by atoms with Gasteiger partial charge in [-0.2, -0.15) is 0 Å². The zero-order chi connectivity index (χ0) is 21.4. The SMILES string of the molecule is OC(C1=CCCC=C1)C1CC2CCC(C1)N2C(c1ccccc1Cl)c1ccccc1Cl. The number of aliphatic hydroxyl groups excluding tert-OH is 1. The summed E-state index contributed by atoms with van der Waals surface area (Å²) < 4.78 is 0. The molecule has 2 aromatic rings. The number of fused-ring (bicyclic) bond motifs is 2. The Morgan fingerprint density at radius 2 is 1.42 bits per heavy atom. The van der Waals surface area contributed by atoms with Crippen LogP contribution in [0.3, 0.4) is 0 Å². The van der Waals surface area contributed by atoms with Gasteiger partial charge in [0.25, 0.3) is 0 Å². The zero-order valence-electron chi connectivity index (χ0n) is 17.6. The second-order valence-electron chi connectivity index (χ2n) is 9.14. The van der Waals surface area contributed by atoms with Crippen molar-refractivity contribution in [3.05, 3.63) is 93.5 Å². The zero-order valence-corrected chi connectivity index (χ0v) is 19.1. The van der Waals surface area contributed by atoms with Gasteiger partial charge in [-0.25, -0.2) is 0 Å². The van der Waals surface area contributed by atoms with Crippen molar-refractivity contribution in [1.29, 1.82) is 0 Å². The van der Waals surface area contributed by atoms with Gasteiger partial charge < -0.3 is 5.11 Å². The highest BCUT2D eigenvalue weighted by molar-refractivity contribution is 6.32. The standard InChI is InChI=1S/C27H29Cl2NO/c28-24-12-6-4-10-22(24)26(23-11-5-7-13-25(23)29)30-20-14-15-21(30)17-19(16-20)27(31)18-8-2-1-3-9-18/h2,4-13,19-21,26-27,31H,1,3,14-17H2. The van der Waals surface area contributed by atoms with Crippen molar-refractivity contribution in [3.63, 3.8) is 0 Å². The molecule has 1 aliphatic carbocycles. The van der Waals surface area contributed by atoms with E-state index < -0.39 is 0 Å². The summed E-state index contributed by atoms with van der Waals surface area (Å²) in [7, 11) is 0. The number of hydrogen-bond acceptors (Lipinski definition) is 2. The third-order valence-electron chi connectivity index (χ3n) is 7.34. The summed E-state index contributed by atoms with van der Waals surface area (Å²) in [5.41, 5.74) is 3.34. The maximum Gasteiger partial charge on any atom is 0.0816 e. The van der Waals surface area contributed by atoms with Crippen LogP contribution in [0.15, 0.2) is 72.3 Å². The van der Waals surface area contributed by atoms with E-state index in [0.29, 0.717) is 18.0 Å². The first kappa shape index (κ1) is 21.3. The minimum atomic E-state index is -0.360. The number of nitrogens with zero attached hydrogens (tertiary/aromatic N) is 1. The van der Waals surface area contributed by atoms with Crippen LogP contribution in [0.1, 0.15) is 55.7 Å². The minimum Gasteiger partial charge on any atom is -0.388 e. The van der Waals surface area contributed by atoms with Crippen LogP contribution in [-0.4, -0.2) is 28.2 Å². The molecule has 3 unspecified atom stereocenters. The maximum atomic E-state index is 11.1. The quantitative estimate of drug-likeness (QED) is 0.528. The highest BCUT2D eigenvalue weighted by Gasteiger charge is 2.47. The summed E-state index contributed by atoms with van der Waals surface area (Å²) in [5.74, 6) is 0.306. The van der Waals surface area contributed by atoms with Crippen LogP contribution in [0.5, 0.6) is 0 Å². The van der Waals surface area contributed by atoms with Crippen LogP contribution in [-0.2, 0) is 0 Å². The molecule has 2 nitrogen and oxygen atoms in total. The minimum absolute atomic E-state index is 0.0341. The molecule has 1 N–H and O–H groups in total. The van der Waals surface area contributed by atoms with Crippen molar-refractivity contribution in [3.8, 4) is 0 Å². The molecule has 0 amide bonds. The van der Waals surface area contributed by atoms with Crippen LogP contribution in [0.4, 0.5) is 0 Å². The molecule has 2 saturated heterocycles. The van der Waals surface area contributed by atoms with E-state index in [2.05, 4.69) is 47.4 Å². The van der Waals surface area contributed by atoms with Gasteiger partial charge in [0, 0.05) is 22.1 Å². The van der Waals surface area contributed by atoms with Crippen molar-refractivity contribution < 1.29 is 5.11 Å². The number of piperidine rings is 1. The van der Waals surface area contributed by atoms with Crippen molar-refractivity contribution in [2.24, 2.45) is 5.92 Å². The monoisotopic (exact) mass is 453 g/mol. The highest BCUT2D eigenvalue weighted by Crippen LogP contribution is 2.49. The van der Waals surface area contributed by atoms with Gasteiger partial charge in [0.2, 0.25) is 0 Å². The summed E-state index contributed by atoms with van der Waals surface area (Å²) in [6.07, 6.45) is 12.6. The predicted octanol–water partition coefficient (Wildman–Crippen LogP) is 6.96. The first-order valence-corrected chi connectivity index (χ1v) is 12.2. The summed E-state index contributed by atoms with van der Waals surface area (Å²) in [6, 6.07) is 17.2. The molecule has 0 saturated carbocycles. The molecule has 3 atom stereocenters. The lowest BCUT2D eigenvalue weighted by Gasteiger charge is -2.45. The average Bonchev–Trinajstić information content (AvgIpc) is 3.04. The van der Waals surface area contributed by atoms with E-state index in [0.717, 1.165) is 65.3 Å². The van der Waals surface area contributed by atoms with E-state index in [1.54, 1.807) is 0 Å². The third-order valence-corrected chi connectivity index (χ3v) is 8.02. The maximum absolute atomic E-state index is 11.1. The van der Waals surface area contributed by atoms with Crippen LogP contribution < -0.4 is 0 Å². The lowest BCUT2D eigenvalue weighted by Crippen LogP contribution is -2.47. The molecule has 31 heavy (non-hydrogen) atoms. The predicted molar refractivity (Wildman–Crippen MR) is 129 cm³/mol. The number of aliphatic hydroxyl groups is 1. The first-order valence-electron chi connectivity index (χ1n) is 11.4. The van der Waals surface area contributed by atoms with Gasteiger partial charge in [-0.15, -0.1) is 0 Å². The van der Waals surface area contributed by atoms with Crippen molar-refractivity contribution in [1.82, 2.24) is 4.90 Å². The van der Waals surface area contributed by atoms with Gasteiger partial charge in [0.15, 0.2) is 0 Å². The number of allylic oxidation sites excluding steroid dienone is 2. The van der Waals surface area contributed by atoms with Crippen LogP contribution in [0, 0.1) is 5.92 Å². The number of hydrogen-bond donors (Lipinski definition) is 1. The fourth-order valence-corrected chi connectivity index (χ4v) is 6.42. The Bertz CT molecular complexity index is 941. The normalized spacial score (nSPS) is 26.8. The molecule has 2 fully saturated rings. The Morgan fingerprint density at radius 3 is 1.94 bits per heavy atom. The molecule has 0 aromatic heterocycles. The number of rotatable bonds is 5. The Labute approximate surface area is 195 Å². The molecule has 0 radical (unpaired) electrons. The molecule has 2 heterocycles. The molecule has 3 aliphatic rings. The second-order valence-corrected chi connectivity index (χ2v) is 9.95. The number of halogens is 2. The summed E-state index contributed by atoms with van der Waals surface area (Å²) in [6.45, 7) is 0. The van der Waals surface area contributed by atoms with Crippen LogP contribution in [0.25, 0.3) is 0 Å². The summed E-state index contributed by atoms with van der Waals surface area (Å²) in [5, 5.41) is 12.7. The Balaban J connectivity index is 1.48. The number of benzene rings is 2. The lowest BCUT2D eigenvalue weighted by atomic mass is 9.80. The van der Waals surface area contributed by atoms with Crippen molar-refractivity contribution in [2.75, 3.05) is 0 Å². The molecule has 2 aliphatic heterocycles. The smallest absolute Gasteiger partial charge is 0.0816 e. The Morgan fingerprint density at radius 1 is 0.839 bits per heavy atom. The molecule has 2 aromatic carbocycles. The largest absolute Gasteiger partial charge is 0.388 e. The van der Waals surface area contributed by atoms with E-state index in [9.17, 15) is 5.11 Å². The van der Waals surface area contributed by atoms with E-state index in [-0.39, 0.29) is 12.1 Å². The first-order chi connectivity index (χ1) is 15.1.